The number of ether oxygens (including phenoxy) is 2. The largest absolute Gasteiger partial charge is 0.469 e. The third kappa shape index (κ3) is 5.07. The van der Waals surface area contributed by atoms with Crippen LogP contribution in [0.1, 0.15) is 80.3 Å². The first-order chi connectivity index (χ1) is 27.3. The van der Waals surface area contributed by atoms with E-state index in [1.54, 1.807) is 0 Å². The number of benzene rings is 2. The molecule has 10 atom stereocenters. The van der Waals surface area contributed by atoms with Crippen molar-refractivity contribution in [1.82, 2.24) is 14.8 Å². The van der Waals surface area contributed by atoms with Crippen LogP contribution in [0, 0.1) is 11.3 Å². The summed E-state index contributed by atoms with van der Waals surface area (Å²) in [5, 5.41) is 50.1. The highest BCUT2D eigenvalue weighted by Crippen LogP contribution is 2.67. The minimum Gasteiger partial charge on any atom is -0.469 e. The Balaban J connectivity index is 1.35. The van der Waals surface area contributed by atoms with Crippen LogP contribution >= 0.6 is 0 Å². The SMILES string of the molecule is CC[C@]1(O)C[C@@H]2CN(CCc3c([nH]c4ccccc34)[C@@](C(=O)OC)(c3cc4c(cc3CO)N(C)C3C45CCN4CC=C[C@](CC)(C45)[C@@H](O)[C@]3(O)CC(=O)OC)C2)C1. The van der Waals surface area contributed by atoms with Gasteiger partial charge in [-0.05, 0) is 85.4 Å². The smallest absolute Gasteiger partial charge is 0.322 e. The molecule has 3 aromatic rings. The second-order valence-electron chi connectivity index (χ2n) is 18.2. The number of hydrogen-bond acceptors (Lipinski definition) is 11. The van der Waals surface area contributed by atoms with Crippen LogP contribution in [0.3, 0.4) is 0 Å². The van der Waals surface area contributed by atoms with Crippen molar-refractivity contribution in [2.75, 3.05) is 58.9 Å². The van der Waals surface area contributed by atoms with Gasteiger partial charge in [-0.3, -0.25) is 19.4 Å². The van der Waals surface area contributed by atoms with E-state index in [1.165, 1.54) is 14.2 Å². The fourth-order valence-corrected chi connectivity index (χ4v) is 13.5. The Morgan fingerprint density at radius 3 is 2.51 bits per heavy atom. The Bertz CT molecular complexity index is 2150. The Hall–Kier alpha value is -3.78. The summed E-state index contributed by atoms with van der Waals surface area (Å²) in [7, 11) is 4.63. The second kappa shape index (κ2) is 13.4. The molecule has 4 unspecified atom stereocenters. The average molecular weight is 783 g/mol. The number of para-hydroxylation sites is 1. The molecular formula is C45H58N4O8. The van der Waals surface area contributed by atoms with Gasteiger partial charge in [-0.2, -0.15) is 0 Å². The van der Waals surface area contributed by atoms with Crippen molar-refractivity contribution in [3.63, 3.8) is 0 Å². The third-order valence-electron chi connectivity index (χ3n) is 15.7. The fraction of sp³-hybridized carbons (Fsp3) is 0.600. The minimum atomic E-state index is -1.91. The number of fused-ring (bicyclic) bond motifs is 6. The molecule has 57 heavy (non-hydrogen) atoms. The lowest BCUT2D eigenvalue weighted by Gasteiger charge is -2.64. The molecule has 5 aliphatic heterocycles. The second-order valence-corrected chi connectivity index (χ2v) is 18.2. The number of esters is 2. The molecule has 1 aliphatic carbocycles. The van der Waals surface area contributed by atoms with E-state index in [2.05, 4.69) is 39.1 Å². The number of rotatable bonds is 7. The number of aliphatic hydroxyl groups is 4. The number of aromatic nitrogens is 1. The maximum atomic E-state index is 15.2. The van der Waals surface area contributed by atoms with Crippen LogP contribution in [0.4, 0.5) is 5.69 Å². The summed E-state index contributed by atoms with van der Waals surface area (Å²) in [6.45, 7) is 7.06. The summed E-state index contributed by atoms with van der Waals surface area (Å²) in [5.74, 6) is -1.15. The Labute approximate surface area is 334 Å². The molecule has 2 bridgehead atoms. The van der Waals surface area contributed by atoms with Gasteiger partial charge in [-0.15, -0.1) is 0 Å². The zero-order valence-electron chi connectivity index (χ0n) is 33.9. The minimum absolute atomic E-state index is 0.0956. The number of H-pyrrole nitrogens is 1. The van der Waals surface area contributed by atoms with Crippen molar-refractivity contribution in [3.8, 4) is 0 Å². The predicted molar refractivity (Wildman–Crippen MR) is 215 cm³/mol. The van der Waals surface area contributed by atoms with Crippen molar-refractivity contribution >= 4 is 28.5 Å². The van der Waals surface area contributed by atoms with Gasteiger partial charge in [-0.25, -0.2) is 0 Å². The predicted octanol–water partition coefficient (Wildman–Crippen LogP) is 3.29. The number of carbonyl (C=O) groups excluding carboxylic acids is 2. The standard InChI is InChI=1S/C45H58N4O8/c1-6-41(54)21-27-22-44(40(53)57-5,36-30(13-17-48(24-27)26-41)29-11-8-9-12-33(29)46-36)31-20-32-34(19-28(31)25-50)47(3)38-43(32)15-18-49-16-10-14-42(7-2,37(43)49)39(52)45(38,55)23-35(51)56-4/h8-12,14,19-20,27,37-39,46,50,52,54-55H,6-7,13,15-18,21-26H2,1-5H3/t27-,37?,38?,39+,41-,42+,43?,44-,45-/m0/s1. The normalized spacial score (nSPS) is 38.1. The molecule has 3 fully saturated rings. The highest BCUT2D eigenvalue weighted by atomic mass is 16.5. The lowest BCUT2D eigenvalue weighted by atomic mass is 9.47. The molecule has 1 spiro atoms. The summed E-state index contributed by atoms with van der Waals surface area (Å²) >= 11 is 0. The molecular weight excluding hydrogens is 725 g/mol. The highest BCUT2D eigenvalue weighted by molar-refractivity contribution is 5.94. The lowest BCUT2D eigenvalue weighted by Crippen LogP contribution is -2.79. The number of anilines is 1. The van der Waals surface area contributed by atoms with Crippen LogP contribution in [0.25, 0.3) is 10.9 Å². The molecule has 0 amide bonds. The maximum absolute atomic E-state index is 15.2. The molecule has 1 saturated carbocycles. The van der Waals surface area contributed by atoms with E-state index >= 15 is 4.79 Å². The summed E-state index contributed by atoms with van der Waals surface area (Å²) in [5.41, 5.74) is -0.358. The van der Waals surface area contributed by atoms with E-state index in [1.807, 2.05) is 50.1 Å². The van der Waals surface area contributed by atoms with Crippen LogP contribution < -0.4 is 4.90 Å². The molecule has 0 radical (unpaired) electrons. The number of aromatic amines is 1. The van der Waals surface area contributed by atoms with Crippen molar-refractivity contribution in [2.45, 2.75) is 106 Å². The van der Waals surface area contributed by atoms with Crippen LogP contribution in [-0.2, 0) is 42.9 Å². The van der Waals surface area contributed by atoms with E-state index in [4.69, 9.17) is 9.47 Å². The van der Waals surface area contributed by atoms with E-state index in [9.17, 15) is 25.2 Å². The molecule has 2 saturated heterocycles. The highest BCUT2D eigenvalue weighted by Gasteiger charge is 2.77. The zero-order valence-corrected chi connectivity index (χ0v) is 33.9. The van der Waals surface area contributed by atoms with Gasteiger partial charge in [-0.1, -0.05) is 50.3 Å². The molecule has 12 nitrogen and oxygen atoms in total. The number of methoxy groups -OCH3 is 2. The molecule has 12 heteroatoms. The van der Waals surface area contributed by atoms with Crippen molar-refractivity contribution < 1.29 is 39.5 Å². The number of hydrogen-bond donors (Lipinski definition) is 5. The van der Waals surface area contributed by atoms with Gasteiger partial charge >= 0.3 is 11.9 Å². The monoisotopic (exact) mass is 782 g/mol. The third-order valence-corrected chi connectivity index (χ3v) is 15.7. The van der Waals surface area contributed by atoms with Gasteiger partial charge in [0.05, 0.1) is 45.0 Å². The Morgan fingerprint density at radius 1 is 1.00 bits per heavy atom. The average Bonchev–Trinajstić information content (AvgIpc) is 3.88. The van der Waals surface area contributed by atoms with Gasteiger partial charge < -0.3 is 39.8 Å². The fourth-order valence-electron chi connectivity index (χ4n) is 13.5. The summed E-state index contributed by atoms with van der Waals surface area (Å²) in [6, 6.07) is 11.2. The van der Waals surface area contributed by atoms with Crippen molar-refractivity contribution in [3.05, 3.63) is 76.5 Å². The lowest BCUT2D eigenvalue weighted by molar-refractivity contribution is -0.207. The quantitative estimate of drug-likeness (QED) is 0.177. The molecule has 9 rings (SSSR count). The number of likely N-dealkylation sites (N-methyl/N-ethyl adjacent to an activating group) is 1. The summed E-state index contributed by atoms with van der Waals surface area (Å²) in [4.78, 5) is 39.0. The molecule has 306 valence electrons. The number of carbonyl (C=O) groups is 2. The number of aliphatic hydroxyl groups excluding tert-OH is 2. The zero-order chi connectivity index (χ0) is 40.3. The van der Waals surface area contributed by atoms with Gasteiger partial charge in [0.2, 0.25) is 0 Å². The summed E-state index contributed by atoms with van der Waals surface area (Å²) < 4.78 is 11.1. The Morgan fingerprint density at radius 2 is 1.79 bits per heavy atom. The van der Waals surface area contributed by atoms with E-state index in [0.717, 1.165) is 33.4 Å². The van der Waals surface area contributed by atoms with E-state index in [0.29, 0.717) is 82.4 Å². The van der Waals surface area contributed by atoms with Crippen molar-refractivity contribution in [2.24, 2.45) is 11.3 Å². The summed E-state index contributed by atoms with van der Waals surface area (Å²) in [6.07, 6.45) is 5.69. The van der Waals surface area contributed by atoms with Crippen molar-refractivity contribution in [1.29, 1.82) is 0 Å². The first kappa shape index (κ1) is 38.7. The van der Waals surface area contributed by atoms with Crippen LogP contribution in [0.2, 0.25) is 0 Å². The number of nitrogens with one attached hydrogen (secondary N) is 1. The van der Waals surface area contributed by atoms with Gasteiger partial charge in [0.1, 0.15) is 11.0 Å². The van der Waals surface area contributed by atoms with Crippen LogP contribution in [-0.4, -0.2) is 131 Å². The first-order valence-electron chi connectivity index (χ1n) is 20.8. The Kier molecular flexibility index (Phi) is 9.08. The van der Waals surface area contributed by atoms with Crippen LogP contribution in [0.15, 0.2) is 48.6 Å². The van der Waals surface area contributed by atoms with Gasteiger partial charge in [0.25, 0.3) is 0 Å². The molecule has 2 aromatic carbocycles. The number of piperidine rings is 1. The maximum Gasteiger partial charge on any atom is 0.322 e. The molecule has 1 aromatic heterocycles. The topological polar surface area (TPSA) is 159 Å². The first-order valence-corrected chi connectivity index (χ1v) is 20.8. The molecule has 6 aliphatic rings. The van der Waals surface area contributed by atoms with Crippen LogP contribution in [0.5, 0.6) is 0 Å². The van der Waals surface area contributed by atoms with E-state index in [-0.39, 0.29) is 18.6 Å². The molecule has 6 heterocycles. The van der Waals surface area contributed by atoms with E-state index < -0.39 is 58.0 Å². The number of nitrogens with zero attached hydrogens (tertiary/aromatic N) is 3. The molecule has 5 N–H and O–H groups in total. The van der Waals surface area contributed by atoms with Gasteiger partial charge in [0, 0.05) is 72.4 Å². The van der Waals surface area contributed by atoms with Gasteiger partial charge in [0.15, 0.2) is 0 Å².